The van der Waals surface area contributed by atoms with Crippen LogP contribution in [-0.2, 0) is 5.67 Å². The first-order chi connectivity index (χ1) is 7.57. The second kappa shape index (κ2) is 4.54. The number of hydrogen-bond acceptors (Lipinski definition) is 1. The van der Waals surface area contributed by atoms with E-state index in [0.29, 0.717) is 5.92 Å². The van der Waals surface area contributed by atoms with Gasteiger partial charge < -0.3 is 5.32 Å². The third-order valence-electron chi connectivity index (χ3n) is 3.37. The summed E-state index contributed by atoms with van der Waals surface area (Å²) in [6.07, 6.45) is 2.48. The molecule has 0 aromatic heterocycles. The molecule has 1 saturated heterocycles. The van der Waals surface area contributed by atoms with Crippen LogP contribution in [0.4, 0.5) is 4.39 Å². The lowest BCUT2D eigenvalue weighted by Gasteiger charge is -2.24. The van der Waals surface area contributed by atoms with Crippen LogP contribution in [0.15, 0.2) is 24.3 Å². The van der Waals surface area contributed by atoms with Crippen molar-refractivity contribution >= 4 is 0 Å². The van der Waals surface area contributed by atoms with Crippen LogP contribution in [0, 0.1) is 0 Å². The van der Waals surface area contributed by atoms with Crippen LogP contribution >= 0.6 is 0 Å². The normalized spacial score (nSPS) is 22.1. The van der Waals surface area contributed by atoms with E-state index in [1.54, 1.807) is 13.8 Å². The summed E-state index contributed by atoms with van der Waals surface area (Å²) in [6, 6.07) is 8.00. The first-order valence-electron chi connectivity index (χ1n) is 6.07. The molecule has 1 unspecified atom stereocenters. The van der Waals surface area contributed by atoms with Crippen LogP contribution in [0.2, 0.25) is 0 Å². The van der Waals surface area contributed by atoms with Crippen LogP contribution in [0.5, 0.6) is 0 Å². The molecule has 0 saturated carbocycles. The highest BCUT2D eigenvalue weighted by Gasteiger charge is 2.20. The second-order valence-electron chi connectivity index (χ2n) is 5.14. The molecule has 1 aromatic rings. The zero-order valence-electron chi connectivity index (χ0n) is 10.1. The van der Waals surface area contributed by atoms with E-state index in [2.05, 4.69) is 17.4 Å². The molecule has 0 radical (unpaired) electrons. The summed E-state index contributed by atoms with van der Waals surface area (Å²) in [5, 5.41) is 3.40. The van der Waals surface area contributed by atoms with Gasteiger partial charge in [0.1, 0.15) is 5.67 Å². The molecule has 0 amide bonds. The fourth-order valence-electron chi connectivity index (χ4n) is 2.29. The number of hydrogen-bond donors (Lipinski definition) is 1. The van der Waals surface area contributed by atoms with Crippen LogP contribution < -0.4 is 5.32 Å². The predicted molar refractivity (Wildman–Crippen MR) is 65.4 cm³/mol. The fourth-order valence-corrected chi connectivity index (χ4v) is 2.29. The van der Waals surface area contributed by atoms with Crippen LogP contribution in [0.1, 0.15) is 43.7 Å². The molecular formula is C14H20FN. The number of nitrogens with one attached hydrogen (secondary N) is 1. The van der Waals surface area contributed by atoms with E-state index >= 15 is 0 Å². The standard InChI is InChI=1S/C14H20FN/c1-14(2,15)13-7-5-11(6-8-13)12-4-3-9-16-10-12/h5-8,12,16H,3-4,9-10H2,1-2H3. The quantitative estimate of drug-likeness (QED) is 0.807. The molecule has 0 bridgehead atoms. The highest BCUT2D eigenvalue weighted by Crippen LogP contribution is 2.28. The van der Waals surface area contributed by atoms with E-state index in [1.807, 2.05) is 12.1 Å². The minimum Gasteiger partial charge on any atom is -0.316 e. The molecule has 1 fully saturated rings. The summed E-state index contributed by atoms with van der Waals surface area (Å²) in [4.78, 5) is 0. The Morgan fingerprint density at radius 1 is 1.25 bits per heavy atom. The molecule has 1 aromatic carbocycles. The van der Waals surface area contributed by atoms with Gasteiger partial charge >= 0.3 is 0 Å². The van der Waals surface area contributed by atoms with Crippen molar-refractivity contribution in [3.8, 4) is 0 Å². The summed E-state index contributed by atoms with van der Waals surface area (Å²) in [7, 11) is 0. The molecule has 16 heavy (non-hydrogen) atoms. The second-order valence-corrected chi connectivity index (χ2v) is 5.14. The van der Waals surface area contributed by atoms with Crippen LogP contribution in [0.25, 0.3) is 0 Å². The average molecular weight is 221 g/mol. The summed E-state index contributed by atoms with van der Waals surface area (Å²) >= 11 is 0. The monoisotopic (exact) mass is 221 g/mol. The summed E-state index contributed by atoms with van der Waals surface area (Å²) in [5.41, 5.74) is 0.865. The van der Waals surface area contributed by atoms with Crippen molar-refractivity contribution in [2.45, 2.75) is 38.3 Å². The van der Waals surface area contributed by atoms with Gasteiger partial charge in [0.2, 0.25) is 0 Å². The zero-order valence-corrected chi connectivity index (χ0v) is 10.1. The van der Waals surface area contributed by atoms with Gasteiger partial charge in [-0.25, -0.2) is 4.39 Å². The molecule has 1 N–H and O–H groups in total. The molecule has 1 atom stereocenters. The zero-order chi connectivity index (χ0) is 11.6. The van der Waals surface area contributed by atoms with Crippen molar-refractivity contribution in [2.24, 2.45) is 0 Å². The van der Waals surface area contributed by atoms with Gasteiger partial charge in [-0.05, 0) is 50.3 Å². The van der Waals surface area contributed by atoms with Gasteiger partial charge in [-0.15, -0.1) is 0 Å². The molecule has 1 heterocycles. The lowest BCUT2D eigenvalue weighted by atomic mass is 9.89. The van der Waals surface area contributed by atoms with E-state index in [-0.39, 0.29) is 0 Å². The minimum absolute atomic E-state index is 0.602. The van der Waals surface area contributed by atoms with Gasteiger partial charge in [0.25, 0.3) is 0 Å². The van der Waals surface area contributed by atoms with Crippen LogP contribution in [0.3, 0.4) is 0 Å². The average Bonchev–Trinajstić information content (AvgIpc) is 2.29. The van der Waals surface area contributed by atoms with Gasteiger partial charge in [0.15, 0.2) is 0 Å². The van der Waals surface area contributed by atoms with E-state index < -0.39 is 5.67 Å². The molecular weight excluding hydrogens is 201 g/mol. The smallest absolute Gasteiger partial charge is 0.130 e. The van der Waals surface area contributed by atoms with Crippen molar-refractivity contribution in [2.75, 3.05) is 13.1 Å². The largest absolute Gasteiger partial charge is 0.316 e. The van der Waals surface area contributed by atoms with Gasteiger partial charge in [-0.1, -0.05) is 24.3 Å². The van der Waals surface area contributed by atoms with Gasteiger partial charge in [-0.3, -0.25) is 0 Å². The van der Waals surface area contributed by atoms with Gasteiger partial charge in [0.05, 0.1) is 0 Å². The van der Waals surface area contributed by atoms with Gasteiger partial charge in [0, 0.05) is 6.54 Å². The minimum atomic E-state index is -1.23. The summed E-state index contributed by atoms with van der Waals surface area (Å²) in [5.74, 6) is 0.602. The molecule has 2 heteroatoms. The molecule has 1 aliphatic heterocycles. The topological polar surface area (TPSA) is 12.0 Å². The van der Waals surface area contributed by atoms with Crippen molar-refractivity contribution in [1.82, 2.24) is 5.32 Å². The Bertz CT molecular complexity index is 331. The van der Waals surface area contributed by atoms with E-state index in [4.69, 9.17) is 0 Å². The Labute approximate surface area is 97.1 Å². The number of piperidine rings is 1. The Morgan fingerprint density at radius 2 is 1.94 bits per heavy atom. The maximum absolute atomic E-state index is 13.7. The molecule has 1 nitrogen and oxygen atoms in total. The number of benzene rings is 1. The highest BCUT2D eigenvalue weighted by atomic mass is 19.1. The first-order valence-corrected chi connectivity index (χ1v) is 6.07. The predicted octanol–water partition coefficient (Wildman–Crippen LogP) is 3.36. The Hall–Kier alpha value is -0.890. The molecule has 88 valence electrons. The van der Waals surface area contributed by atoms with Crippen molar-refractivity contribution in [3.05, 3.63) is 35.4 Å². The Morgan fingerprint density at radius 3 is 2.44 bits per heavy atom. The Balaban J connectivity index is 2.12. The first kappa shape index (κ1) is 11.6. The number of rotatable bonds is 2. The van der Waals surface area contributed by atoms with Crippen molar-refractivity contribution in [1.29, 1.82) is 0 Å². The maximum Gasteiger partial charge on any atom is 0.130 e. The maximum atomic E-state index is 13.7. The molecule has 0 spiro atoms. The molecule has 1 aliphatic rings. The number of alkyl halides is 1. The van der Waals surface area contributed by atoms with E-state index in [1.165, 1.54) is 18.4 Å². The van der Waals surface area contributed by atoms with Crippen LogP contribution in [-0.4, -0.2) is 13.1 Å². The highest BCUT2D eigenvalue weighted by molar-refractivity contribution is 5.29. The van der Waals surface area contributed by atoms with E-state index in [9.17, 15) is 4.39 Å². The van der Waals surface area contributed by atoms with Crippen molar-refractivity contribution in [3.63, 3.8) is 0 Å². The fraction of sp³-hybridized carbons (Fsp3) is 0.571. The number of halogens is 1. The molecule has 0 aliphatic carbocycles. The third kappa shape index (κ3) is 2.62. The Kier molecular flexibility index (Phi) is 3.29. The van der Waals surface area contributed by atoms with Crippen molar-refractivity contribution < 1.29 is 4.39 Å². The third-order valence-corrected chi connectivity index (χ3v) is 3.37. The lowest BCUT2D eigenvalue weighted by Crippen LogP contribution is -2.28. The lowest BCUT2D eigenvalue weighted by molar-refractivity contribution is 0.221. The summed E-state index contributed by atoms with van der Waals surface area (Å²) in [6.45, 7) is 5.39. The van der Waals surface area contributed by atoms with Gasteiger partial charge in [-0.2, -0.15) is 0 Å². The molecule has 2 rings (SSSR count). The summed E-state index contributed by atoms with van der Waals surface area (Å²) < 4.78 is 13.7. The SMILES string of the molecule is CC(C)(F)c1ccc(C2CCCNC2)cc1. The van der Waals surface area contributed by atoms with E-state index in [0.717, 1.165) is 18.7 Å².